The summed E-state index contributed by atoms with van der Waals surface area (Å²) in [6, 6.07) is 12.6. The maximum atomic E-state index is 12.8. The van der Waals surface area contributed by atoms with Gasteiger partial charge in [-0.05, 0) is 49.1 Å². The number of phenolic OH excluding ortho intramolecular Hbond substituents is 1. The number of hydrogen-bond donors (Lipinski definition) is 4. The first-order valence-electron chi connectivity index (χ1n) is 15.7. The van der Waals surface area contributed by atoms with E-state index in [0.717, 1.165) is 49.8 Å². The van der Waals surface area contributed by atoms with Crippen molar-refractivity contribution in [2.24, 2.45) is 0 Å². The summed E-state index contributed by atoms with van der Waals surface area (Å²) >= 11 is 0. The number of fused-ring (bicyclic) bond motifs is 1. The van der Waals surface area contributed by atoms with Gasteiger partial charge in [-0.15, -0.1) is 12.4 Å². The van der Waals surface area contributed by atoms with Crippen molar-refractivity contribution in [3.63, 3.8) is 0 Å². The van der Waals surface area contributed by atoms with E-state index >= 15 is 0 Å². The number of carbonyl (C=O) groups excluding carboxylic acids is 1. The van der Waals surface area contributed by atoms with E-state index in [0.29, 0.717) is 18.7 Å². The summed E-state index contributed by atoms with van der Waals surface area (Å²) in [5.74, 6) is -0.385. The van der Waals surface area contributed by atoms with Gasteiger partial charge >= 0.3 is 5.69 Å². The number of phenols is 1. The van der Waals surface area contributed by atoms with E-state index < -0.39 is 6.10 Å². The van der Waals surface area contributed by atoms with E-state index in [1.54, 1.807) is 12.1 Å². The number of likely N-dealkylation sites (tertiary alicyclic amines) is 1. The summed E-state index contributed by atoms with van der Waals surface area (Å²) in [5, 5.41) is 24.2. The Morgan fingerprint density at radius 3 is 2.31 bits per heavy atom. The van der Waals surface area contributed by atoms with Crippen LogP contribution in [0.5, 0.6) is 5.75 Å². The van der Waals surface area contributed by atoms with Crippen molar-refractivity contribution in [3.05, 3.63) is 64.1 Å². The van der Waals surface area contributed by atoms with E-state index in [1.807, 2.05) is 28.8 Å². The van der Waals surface area contributed by atoms with Crippen LogP contribution in [0, 0.1) is 0 Å². The average Bonchev–Trinajstić information content (AvgIpc) is 3.32. The molecule has 0 radical (unpaired) electrons. The second-order valence-electron chi connectivity index (χ2n) is 11.6. The van der Waals surface area contributed by atoms with Crippen molar-refractivity contribution in [2.75, 3.05) is 26.2 Å². The predicted molar refractivity (Wildman–Crippen MR) is 172 cm³/mol. The number of aromatic amines is 1. The van der Waals surface area contributed by atoms with Crippen LogP contribution in [0.3, 0.4) is 0 Å². The molecule has 1 atom stereocenters. The molecule has 2 heterocycles. The lowest BCUT2D eigenvalue weighted by molar-refractivity contribution is 0.0902. The summed E-state index contributed by atoms with van der Waals surface area (Å²) in [7, 11) is 0. The highest BCUT2D eigenvalue weighted by atomic mass is 35.5. The summed E-state index contributed by atoms with van der Waals surface area (Å²) in [4.78, 5) is 30.5. The molecule has 1 aromatic heterocycles. The van der Waals surface area contributed by atoms with E-state index in [2.05, 4.69) is 22.1 Å². The molecule has 9 heteroatoms. The molecule has 232 valence electrons. The lowest BCUT2D eigenvalue weighted by Gasteiger charge is -2.33. The smallest absolute Gasteiger partial charge is 0.326 e. The number of halogens is 1. The number of aromatic nitrogens is 2. The second-order valence-corrected chi connectivity index (χ2v) is 11.6. The SMILES string of the molecule is CCCCCCCCCCCCNC(=O)c1cc(C(O)CN2CCC(n3c(=O)[nH]c4ccccc43)CC2)ccc1O.Cl. The Labute approximate surface area is 255 Å². The molecular formula is C33H49ClN4O4. The molecule has 1 aliphatic heterocycles. The number of imidazole rings is 1. The highest BCUT2D eigenvalue weighted by molar-refractivity contribution is 5.97. The molecule has 4 N–H and O–H groups in total. The van der Waals surface area contributed by atoms with Crippen molar-refractivity contribution in [1.82, 2.24) is 19.8 Å². The fourth-order valence-corrected chi connectivity index (χ4v) is 6.00. The summed E-state index contributed by atoms with van der Waals surface area (Å²) < 4.78 is 1.86. The quantitative estimate of drug-likeness (QED) is 0.141. The van der Waals surface area contributed by atoms with Crippen LogP contribution in [0.4, 0.5) is 0 Å². The third kappa shape index (κ3) is 9.35. The molecule has 1 amide bonds. The number of unbranched alkanes of at least 4 members (excludes halogenated alkanes) is 9. The molecule has 0 bridgehead atoms. The summed E-state index contributed by atoms with van der Waals surface area (Å²) in [6.45, 7) is 4.77. The molecule has 3 aromatic rings. The van der Waals surface area contributed by atoms with Crippen LogP contribution in [0.2, 0.25) is 0 Å². The number of nitrogens with one attached hydrogen (secondary N) is 2. The molecule has 1 aliphatic rings. The maximum absolute atomic E-state index is 12.8. The van der Waals surface area contributed by atoms with Gasteiger partial charge in [0.1, 0.15) is 5.75 Å². The molecule has 42 heavy (non-hydrogen) atoms. The van der Waals surface area contributed by atoms with Crippen LogP contribution in [-0.4, -0.2) is 56.8 Å². The van der Waals surface area contributed by atoms with Gasteiger partial charge in [0.15, 0.2) is 0 Å². The zero-order valence-corrected chi connectivity index (χ0v) is 25.8. The Balaban J connectivity index is 0.00000484. The lowest BCUT2D eigenvalue weighted by atomic mass is 10.0. The van der Waals surface area contributed by atoms with Gasteiger partial charge in [0, 0.05) is 32.2 Å². The van der Waals surface area contributed by atoms with Crippen molar-refractivity contribution in [1.29, 1.82) is 0 Å². The molecule has 0 saturated carbocycles. The van der Waals surface area contributed by atoms with Crippen molar-refractivity contribution < 1.29 is 15.0 Å². The highest BCUT2D eigenvalue weighted by Crippen LogP contribution is 2.28. The minimum Gasteiger partial charge on any atom is -0.507 e. The average molecular weight is 601 g/mol. The van der Waals surface area contributed by atoms with Gasteiger partial charge in [-0.3, -0.25) is 9.36 Å². The number of aliphatic hydroxyl groups excluding tert-OH is 1. The van der Waals surface area contributed by atoms with Crippen LogP contribution in [-0.2, 0) is 0 Å². The standard InChI is InChI=1S/C33H48N4O4.ClH/c1-2-3-4-5-6-7-8-9-10-13-20-34-32(40)27-23-25(16-17-30(27)38)31(39)24-36-21-18-26(19-22-36)37-29-15-12-11-14-28(29)35-33(37)41;/h11-12,14-17,23,26,31,38-39H,2-10,13,18-22,24H2,1H3,(H,34,40)(H,35,41);1H. The van der Waals surface area contributed by atoms with E-state index in [1.165, 1.54) is 57.4 Å². The Bertz CT molecular complexity index is 1300. The first-order chi connectivity index (χ1) is 20.0. The fraction of sp³-hybridized carbons (Fsp3) is 0.576. The monoisotopic (exact) mass is 600 g/mol. The number of hydrogen-bond acceptors (Lipinski definition) is 5. The molecule has 1 fully saturated rings. The Hall–Kier alpha value is -2.81. The number of H-pyrrole nitrogens is 1. The number of aromatic hydroxyl groups is 1. The van der Waals surface area contributed by atoms with Gasteiger partial charge in [0.05, 0.1) is 22.7 Å². The topological polar surface area (TPSA) is 111 Å². The third-order valence-electron chi connectivity index (χ3n) is 8.44. The van der Waals surface area contributed by atoms with Crippen molar-refractivity contribution in [3.8, 4) is 5.75 Å². The summed E-state index contributed by atoms with van der Waals surface area (Å²) in [5.41, 5.74) is 2.52. The number of rotatable bonds is 16. The molecular weight excluding hydrogens is 552 g/mol. The van der Waals surface area contributed by atoms with Gasteiger partial charge in [-0.25, -0.2) is 4.79 Å². The zero-order chi connectivity index (χ0) is 29.0. The number of β-amino-alcohol motifs (C(OH)–C–C–N with tert-alkyl or cyclic N) is 1. The number of aliphatic hydroxyl groups is 1. The Morgan fingerprint density at radius 2 is 1.62 bits per heavy atom. The molecule has 1 unspecified atom stereocenters. The number of para-hydroxylation sites is 2. The van der Waals surface area contributed by atoms with Crippen LogP contribution in [0.15, 0.2) is 47.3 Å². The number of nitrogens with zero attached hydrogens (tertiary/aromatic N) is 2. The van der Waals surface area contributed by atoms with Crippen LogP contribution < -0.4 is 11.0 Å². The van der Waals surface area contributed by atoms with Crippen LogP contribution in [0.1, 0.15) is 112 Å². The normalized spacial score (nSPS) is 15.0. The molecule has 2 aromatic carbocycles. The first-order valence-corrected chi connectivity index (χ1v) is 15.7. The van der Waals surface area contributed by atoms with Gasteiger partial charge < -0.3 is 25.4 Å². The molecule has 8 nitrogen and oxygen atoms in total. The Morgan fingerprint density at radius 1 is 0.976 bits per heavy atom. The Kier molecular flexibility index (Phi) is 13.9. The fourth-order valence-electron chi connectivity index (χ4n) is 6.00. The molecule has 0 aliphatic carbocycles. The number of benzene rings is 2. The summed E-state index contributed by atoms with van der Waals surface area (Å²) in [6.07, 6.45) is 13.2. The second kappa shape index (κ2) is 17.3. The highest BCUT2D eigenvalue weighted by Gasteiger charge is 2.25. The minimum absolute atomic E-state index is 0. The molecule has 4 rings (SSSR count). The first kappa shape index (κ1) is 33.7. The van der Waals surface area contributed by atoms with Crippen LogP contribution >= 0.6 is 12.4 Å². The molecule has 0 spiro atoms. The van der Waals surface area contributed by atoms with Gasteiger partial charge in [-0.2, -0.15) is 0 Å². The number of amides is 1. The number of carbonyl (C=O) groups is 1. The van der Waals surface area contributed by atoms with E-state index in [4.69, 9.17) is 0 Å². The van der Waals surface area contributed by atoms with Crippen LogP contribution in [0.25, 0.3) is 11.0 Å². The largest absolute Gasteiger partial charge is 0.507 e. The third-order valence-corrected chi connectivity index (χ3v) is 8.44. The van der Waals surface area contributed by atoms with Crippen molar-refractivity contribution >= 4 is 29.3 Å². The predicted octanol–water partition coefficient (Wildman–Crippen LogP) is 6.48. The minimum atomic E-state index is -0.781. The zero-order valence-electron chi connectivity index (χ0n) is 25.0. The van der Waals surface area contributed by atoms with E-state index in [-0.39, 0.29) is 41.4 Å². The van der Waals surface area contributed by atoms with Crippen molar-refractivity contribution in [2.45, 2.75) is 96.1 Å². The maximum Gasteiger partial charge on any atom is 0.326 e. The van der Waals surface area contributed by atoms with Gasteiger partial charge in [0.2, 0.25) is 0 Å². The van der Waals surface area contributed by atoms with Gasteiger partial charge in [-0.1, -0.05) is 82.9 Å². The van der Waals surface area contributed by atoms with E-state index in [9.17, 15) is 19.8 Å². The number of piperidine rings is 1. The van der Waals surface area contributed by atoms with Gasteiger partial charge in [0.25, 0.3) is 5.91 Å². The molecule has 1 saturated heterocycles. The lowest BCUT2D eigenvalue weighted by Crippen LogP contribution is -2.39.